The molecule has 0 saturated carbocycles. The van der Waals surface area contributed by atoms with E-state index in [1.165, 1.54) is 19.3 Å². The largest absolute Gasteiger partial charge is 0.383 e. The number of nitrogens with zero attached hydrogens (tertiary/aromatic N) is 1. The molecule has 3 heteroatoms. The van der Waals surface area contributed by atoms with Gasteiger partial charge in [-0.15, -0.1) is 0 Å². The fraction of sp³-hybridized carbons (Fsp3) is 1.00. The Morgan fingerprint density at radius 3 is 2.71 bits per heavy atom. The van der Waals surface area contributed by atoms with E-state index in [9.17, 15) is 0 Å². The summed E-state index contributed by atoms with van der Waals surface area (Å²) < 4.78 is 5.28. The summed E-state index contributed by atoms with van der Waals surface area (Å²) in [6.45, 7) is 7.07. The molecular formula is C11H24N2O. The van der Waals surface area contributed by atoms with Crippen molar-refractivity contribution >= 4 is 0 Å². The summed E-state index contributed by atoms with van der Waals surface area (Å²) in [6, 6.07) is 0.646. The molecular weight excluding hydrogens is 176 g/mol. The third kappa shape index (κ3) is 2.47. The van der Waals surface area contributed by atoms with Crippen molar-refractivity contribution in [3.8, 4) is 0 Å². The van der Waals surface area contributed by atoms with Crippen LogP contribution in [0.1, 0.15) is 33.1 Å². The second-order valence-corrected chi connectivity index (χ2v) is 4.67. The Labute approximate surface area is 87.6 Å². The van der Waals surface area contributed by atoms with Crippen molar-refractivity contribution in [2.45, 2.75) is 44.7 Å². The average Bonchev–Trinajstić information content (AvgIpc) is 2.18. The average molecular weight is 200 g/mol. The summed E-state index contributed by atoms with van der Waals surface area (Å²) >= 11 is 0. The number of piperidine rings is 1. The highest BCUT2D eigenvalue weighted by Gasteiger charge is 2.34. The first-order valence-corrected chi connectivity index (χ1v) is 5.60. The molecule has 0 spiro atoms. The van der Waals surface area contributed by atoms with Gasteiger partial charge in [-0.2, -0.15) is 0 Å². The lowest BCUT2D eigenvalue weighted by Crippen LogP contribution is -2.59. The van der Waals surface area contributed by atoms with Crippen molar-refractivity contribution < 1.29 is 4.74 Å². The lowest BCUT2D eigenvalue weighted by molar-refractivity contribution is -0.0117. The van der Waals surface area contributed by atoms with Gasteiger partial charge in [0.2, 0.25) is 0 Å². The summed E-state index contributed by atoms with van der Waals surface area (Å²) in [5, 5.41) is 0. The Morgan fingerprint density at radius 1 is 1.50 bits per heavy atom. The number of rotatable bonds is 4. The predicted molar refractivity (Wildman–Crippen MR) is 59.4 cm³/mol. The van der Waals surface area contributed by atoms with Gasteiger partial charge in [-0.25, -0.2) is 0 Å². The zero-order chi connectivity index (χ0) is 10.6. The number of likely N-dealkylation sites (tertiary alicyclic amines) is 1. The van der Waals surface area contributed by atoms with Gasteiger partial charge < -0.3 is 10.5 Å². The molecule has 0 aromatic carbocycles. The maximum Gasteiger partial charge on any atom is 0.0656 e. The molecule has 1 fully saturated rings. The van der Waals surface area contributed by atoms with Crippen LogP contribution >= 0.6 is 0 Å². The smallest absolute Gasteiger partial charge is 0.0656 e. The van der Waals surface area contributed by atoms with Crippen molar-refractivity contribution in [1.29, 1.82) is 0 Å². The topological polar surface area (TPSA) is 38.5 Å². The maximum absolute atomic E-state index is 5.86. The van der Waals surface area contributed by atoms with Gasteiger partial charge in [0.05, 0.1) is 12.1 Å². The molecule has 2 atom stereocenters. The molecule has 2 unspecified atom stereocenters. The van der Waals surface area contributed by atoms with Crippen molar-refractivity contribution in [2.24, 2.45) is 5.73 Å². The van der Waals surface area contributed by atoms with E-state index in [1.54, 1.807) is 7.11 Å². The van der Waals surface area contributed by atoms with E-state index >= 15 is 0 Å². The van der Waals surface area contributed by atoms with Crippen molar-refractivity contribution in [1.82, 2.24) is 4.90 Å². The molecule has 0 aromatic heterocycles. The van der Waals surface area contributed by atoms with E-state index in [2.05, 4.69) is 18.7 Å². The van der Waals surface area contributed by atoms with Gasteiger partial charge >= 0.3 is 0 Å². The monoisotopic (exact) mass is 200 g/mol. The Kier molecular flexibility index (Phi) is 4.35. The molecule has 1 aliphatic rings. The minimum atomic E-state index is 0.0224. The zero-order valence-corrected chi connectivity index (χ0v) is 9.75. The predicted octanol–water partition coefficient (Wildman–Crippen LogP) is 1.22. The van der Waals surface area contributed by atoms with E-state index < -0.39 is 0 Å². The van der Waals surface area contributed by atoms with Crippen LogP contribution in [0.5, 0.6) is 0 Å². The molecule has 2 N–H and O–H groups in total. The minimum Gasteiger partial charge on any atom is -0.383 e. The molecule has 1 saturated heterocycles. The molecule has 0 aliphatic carbocycles. The van der Waals surface area contributed by atoms with Crippen molar-refractivity contribution in [3.63, 3.8) is 0 Å². The van der Waals surface area contributed by atoms with Crippen LogP contribution in [0.2, 0.25) is 0 Å². The van der Waals surface area contributed by atoms with Gasteiger partial charge in [0.25, 0.3) is 0 Å². The van der Waals surface area contributed by atoms with Crippen LogP contribution in [0.4, 0.5) is 0 Å². The third-order valence-corrected chi connectivity index (χ3v) is 3.39. The van der Waals surface area contributed by atoms with Gasteiger partial charge in [-0.05, 0) is 33.2 Å². The number of methoxy groups -OCH3 is 1. The maximum atomic E-state index is 5.86. The zero-order valence-electron chi connectivity index (χ0n) is 9.75. The molecule has 1 aliphatic heterocycles. The highest BCUT2D eigenvalue weighted by molar-refractivity contribution is 4.91. The Hall–Kier alpha value is -0.120. The first-order chi connectivity index (χ1) is 6.64. The van der Waals surface area contributed by atoms with Gasteiger partial charge in [0.1, 0.15) is 0 Å². The summed E-state index contributed by atoms with van der Waals surface area (Å²) in [6.07, 6.45) is 3.94. The van der Waals surface area contributed by atoms with E-state index in [4.69, 9.17) is 10.5 Å². The molecule has 3 nitrogen and oxygen atoms in total. The van der Waals surface area contributed by atoms with Gasteiger partial charge in [0.15, 0.2) is 0 Å². The molecule has 0 aromatic rings. The Bertz CT molecular complexity index is 175. The molecule has 0 radical (unpaired) electrons. The number of nitrogens with two attached hydrogens (primary N) is 1. The first kappa shape index (κ1) is 12.0. The van der Waals surface area contributed by atoms with Crippen LogP contribution in [0.3, 0.4) is 0 Å². The van der Waals surface area contributed by atoms with Gasteiger partial charge in [-0.3, -0.25) is 4.90 Å². The number of hydrogen-bond acceptors (Lipinski definition) is 3. The summed E-state index contributed by atoms with van der Waals surface area (Å²) in [5.41, 5.74) is 5.89. The van der Waals surface area contributed by atoms with E-state index in [0.717, 1.165) is 13.2 Å². The SMILES string of the molecule is COCC(C)(CN)N1CCCCC1C. The third-order valence-electron chi connectivity index (χ3n) is 3.39. The quantitative estimate of drug-likeness (QED) is 0.741. The Balaban J connectivity index is 2.65. The van der Waals surface area contributed by atoms with Crippen LogP contribution < -0.4 is 5.73 Å². The van der Waals surface area contributed by atoms with E-state index in [0.29, 0.717) is 12.6 Å². The van der Waals surface area contributed by atoms with Gasteiger partial charge in [-0.1, -0.05) is 6.42 Å². The van der Waals surface area contributed by atoms with Crippen LogP contribution in [-0.2, 0) is 4.74 Å². The number of ether oxygens (including phenoxy) is 1. The van der Waals surface area contributed by atoms with E-state index in [-0.39, 0.29) is 5.54 Å². The highest BCUT2D eigenvalue weighted by Crippen LogP contribution is 2.25. The summed E-state index contributed by atoms with van der Waals surface area (Å²) in [4.78, 5) is 2.51. The standard InChI is InChI=1S/C11H24N2O/c1-10-6-4-5-7-13(10)11(2,8-12)9-14-3/h10H,4-9,12H2,1-3H3. The number of hydrogen-bond donors (Lipinski definition) is 1. The highest BCUT2D eigenvalue weighted by atomic mass is 16.5. The van der Waals surface area contributed by atoms with Crippen molar-refractivity contribution in [3.05, 3.63) is 0 Å². The summed E-state index contributed by atoms with van der Waals surface area (Å²) in [7, 11) is 1.75. The molecule has 14 heavy (non-hydrogen) atoms. The fourth-order valence-electron chi connectivity index (χ4n) is 2.47. The molecule has 1 heterocycles. The lowest BCUT2D eigenvalue weighted by Gasteiger charge is -2.46. The van der Waals surface area contributed by atoms with Crippen LogP contribution in [0, 0.1) is 0 Å². The molecule has 0 bridgehead atoms. The van der Waals surface area contributed by atoms with Gasteiger partial charge in [0, 0.05) is 19.7 Å². The molecule has 0 amide bonds. The Morgan fingerprint density at radius 2 is 2.21 bits per heavy atom. The van der Waals surface area contributed by atoms with Crippen LogP contribution in [0.15, 0.2) is 0 Å². The molecule has 1 rings (SSSR count). The van der Waals surface area contributed by atoms with E-state index in [1.807, 2.05) is 0 Å². The second kappa shape index (κ2) is 5.10. The minimum absolute atomic E-state index is 0.0224. The second-order valence-electron chi connectivity index (χ2n) is 4.67. The normalized spacial score (nSPS) is 28.7. The lowest BCUT2D eigenvalue weighted by atomic mass is 9.93. The molecule has 84 valence electrons. The fourth-order valence-corrected chi connectivity index (χ4v) is 2.47. The van der Waals surface area contributed by atoms with Crippen molar-refractivity contribution in [2.75, 3.05) is 26.8 Å². The first-order valence-electron chi connectivity index (χ1n) is 5.60. The summed E-state index contributed by atoms with van der Waals surface area (Å²) in [5.74, 6) is 0. The van der Waals surface area contributed by atoms with Crippen LogP contribution in [0.25, 0.3) is 0 Å². The van der Waals surface area contributed by atoms with Crippen LogP contribution in [-0.4, -0.2) is 43.3 Å².